The Morgan fingerprint density at radius 2 is 1.26 bits per heavy atom. The minimum Gasteiger partial charge on any atom is -0.398 e. The second-order valence-corrected chi connectivity index (χ2v) is 8.70. The standard InChI is InChI=1S/C26H17F6NS/c1-15(34-24-9-5-4-8-23(24)33)19-10-11-20(22-7-3-2-6-21(19)22)16-12-17(25(27,28)29)14-18(13-16)26(30,31)32/h2-14H,1,33H2. The van der Waals surface area contributed by atoms with Crippen LogP contribution in [0.4, 0.5) is 32.0 Å². The number of thioether (sulfide) groups is 1. The van der Waals surface area contributed by atoms with Gasteiger partial charge in [0.05, 0.1) is 11.1 Å². The summed E-state index contributed by atoms with van der Waals surface area (Å²) in [7, 11) is 0. The molecule has 174 valence electrons. The molecule has 0 fully saturated rings. The largest absolute Gasteiger partial charge is 0.416 e. The van der Waals surface area contributed by atoms with E-state index in [1.165, 1.54) is 17.8 Å². The zero-order valence-corrected chi connectivity index (χ0v) is 18.3. The molecule has 0 amide bonds. The average molecular weight is 489 g/mol. The molecule has 0 radical (unpaired) electrons. The second kappa shape index (κ2) is 8.76. The van der Waals surface area contributed by atoms with Gasteiger partial charge in [0.1, 0.15) is 0 Å². The summed E-state index contributed by atoms with van der Waals surface area (Å²) in [6.07, 6.45) is -9.85. The normalized spacial score (nSPS) is 12.2. The number of halogens is 6. The van der Waals surface area contributed by atoms with Crippen molar-refractivity contribution in [1.82, 2.24) is 0 Å². The first kappa shape index (κ1) is 23.8. The Kier molecular flexibility index (Phi) is 6.12. The van der Waals surface area contributed by atoms with Crippen molar-refractivity contribution in [1.29, 1.82) is 0 Å². The van der Waals surface area contributed by atoms with E-state index in [-0.39, 0.29) is 17.2 Å². The molecule has 0 aliphatic heterocycles. The maximum absolute atomic E-state index is 13.4. The number of fused-ring (bicyclic) bond motifs is 1. The van der Waals surface area contributed by atoms with E-state index in [1.807, 2.05) is 12.1 Å². The number of hydrogen-bond acceptors (Lipinski definition) is 2. The maximum atomic E-state index is 13.4. The molecule has 4 rings (SSSR count). The zero-order chi connectivity index (χ0) is 24.7. The van der Waals surface area contributed by atoms with Crippen molar-refractivity contribution in [2.24, 2.45) is 0 Å². The minimum absolute atomic E-state index is 0.128. The van der Waals surface area contributed by atoms with Gasteiger partial charge >= 0.3 is 12.4 Å². The van der Waals surface area contributed by atoms with Crippen LogP contribution in [0.3, 0.4) is 0 Å². The van der Waals surface area contributed by atoms with E-state index in [9.17, 15) is 26.3 Å². The molecule has 0 spiro atoms. The Morgan fingerprint density at radius 3 is 1.85 bits per heavy atom. The summed E-state index contributed by atoms with van der Waals surface area (Å²) < 4.78 is 80.3. The lowest BCUT2D eigenvalue weighted by Crippen LogP contribution is -2.11. The molecule has 0 bridgehead atoms. The van der Waals surface area contributed by atoms with Gasteiger partial charge in [-0.3, -0.25) is 0 Å². The van der Waals surface area contributed by atoms with Crippen LogP contribution in [0.2, 0.25) is 0 Å². The van der Waals surface area contributed by atoms with Crippen LogP contribution in [0.15, 0.2) is 90.3 Å². The van der Waals surface area contributed by atoms with Gasteiger partial charge in [0, 0.05) is 15.5 Å². The fourth-order valence-corrected chi connectivity index (χ4v) is 4.55. The van der Waals surface area contributed by atoms with E-state index < -0.39 is 23.5 Å². The van der Waals surface area contributed by atoms with Gasteiger partial charge in [-0.2, -0.15) is 26.3 Å². The molecule has 0 saturated carbocycles. The molecule has 0 unspecified atom stereocenters. The topological polar surface area (TPSA) is 26.0 Å². The lowest BCUT2D eigenvalue weighted by atomic mass is 9.92. The summed E-state index contributed by atoms with van der Waals surface area (Å²) in [4.78, 5) is 1.43. The molecule has 8 heteroatoms. The van der Waals surface area contributed by atoms with E-state index in [0.717, 1.165) is 17.0 Å². The van der Waals surface area contributed by atoms with Crippen LogP contribution in [0.5, 0.6) is 0 Å². The summed E-state index contributed by atoms with van der Waals surface area (Å²) >= 11 is 1.33. The van der Waals surface area contributed by atoms with Gasteiger partial charge in [-0.05, 0) is 57.8 Å². The summed E-state index contributed by atoms with van der Waals surface area (Å²) in [6.45, 7) is 4.12. The number of nitrogen functional groups attached to an aromatic ring is 1. The van der Waals surface area contributed by atoms with E-state index in [4.69, 9.17) is 5.73 Å². The Balaban J connectivity index is 1.87. The van der Waals surface area contributed by atoms with Crippen LogP contribution in [0, 0.1) is 0 Å². The molecule has 4 aromatic rings. The summed E-state index contributed by atoms with van der Waals surface area (Å²) in [5.74, 6) is 0. The van der Waals surface area contributed by atoms with E-state index >= 15 is 0 Å². The lowest BCUT2D eigenvalue weighted by Gasteiger charge is -2.17. The molecule has 0 aliphatic carbocycles. The highest BCUT2D eigenvalue weighted by atomic mass is 32.2. The molecule has 0 heterocycles. The SMILES string of the molecule is C=C(Sc1ccccc1N)c1ccc(-c2cc(C(F)(F)F)cc(C(F)(F)F)c2)c2ccccc12. The molecular weight excluding hydrogens is 472 g/mol. The van der Waals surface area contributed by atoms with Crippen LogP contribution in [-0.4, -0.2) is 0 Å². The van der Waals surface area contributed by atoms with Crippen molar-refractivity contribution in [3.8, 4) is 11.1 Å². The number of alkyl halides is 6. The fourth-order valence-electron chi connectivity index (χ4n) is 3.67. The monoisotopic (exact) mass is 489 g/mol. The van der Waals surface area contributed by atoms with Crippen molar-refractivity contribution < 1.29 is 26.3 Å². The smallest absolute Gasteiger partial charge is 0.398 e. The summed E-state index contributed by atoms with van der Waals surface area (Å²) in [5.41, 5.74) is 4.66. The fraction of sp³-hybridized carbons (Fsp3) is 0.0769. The number of hydrogen-bond donors (Lipinski definition) is 1. The van der Waals surface area contributed by atoms with Gasteiger partial charge < -0.3 is 5.73 Å². The zero-order valence-electron chi connectivity index (χ0n) is 17.5. The predicted molar refractivity (Wildman–Crippen MR) is 125 cm³/mol. The van der Waals surface area contributed by atoms with Crippen molar-refractivity contribution in [3.63, 3.8) is 0 Å². The first-order chi connectivity index (χ1) is 15.9. The van der Waals surface area contributed by atoms with Crippen LogP contribution in [-0.2, 0) is 12.4 Å². The molecule has 2 N–H and O–H groups in total. The molecule has 0 atom stereocenters. The molecule has 0 aliphatic rings. The summed E-state index contributed by atoms with van der Waals surface area (Å²) in [5, 5.41) is 1.16. The lowest BCUT2D eigenvalue weighted by molar-refractivity contribution is -0.143. The third-order valence-corrected chi connectivity index (χ3v) is 6.33. The van der Waals surface area contributed by atoms with Gasteiger partial charge in [-0.25, -0.2) is 0 Å². The third-order valence-electron chi connectivity index (χ3n) is 5.28. The predicted octanol–water partition coefficient (Wildman–Crippen LogP) is 8.89. The Bertz CT molecular complexity index is 1360. The Hall–Kier alpha value is -3.39. The van der Waals surface area contributed by atoms with Gasteiger partial charge in [-0.15, -0.1) is 0 Å². The van der Waals surface area contributed by atoms with E-state index in [0.29, 0.717) is 26.9 Å². The molecule has 1 nitrogen and oxygen atoms in total. The van der Waals surface area contributed by atoms with Gasteiger partial charge in [0.15, 0.2) is 0 Å². The van der Waals surface area contributed by atoms with E-state index in [2.05, 4.69) is 6.58 Å². The highest BCUT2D eigenvalue weighted by Gasteiger charge is 2.37. The number of nitrogens with two attached hydrogens (primary N) is 1. The van der Waals surface area contributed by atoms with E-state index in [1.54, 1.807) is 42.5 Å². The van der Waals surface area contributed by atoms with Crippen molar-refractivity contribution in [3.05, 3.63) is 102 Å². The molecular formula is C26H17F6NS. The maximum Gasteiger partial charge on any atom is 0.416 e. The van der Waals surface area contributed by atoms with Gasteiger partial charge in [0.2, 0.25) is 0 Å². The van der Waals surface area contributed by atoms with Crippen LogP contribution >= 0.6 is 11.8 Å². The van der Waals surface area contributed by atoms with Crippen LogP contribution in [0.25, 0.3) is 26.8 Å². The first-order valence-electron chi connectivity index (χ1n) is 9.98. The Morgan fingerprint density at radius 1 is 0.706 bits per heavy atom. The number of benzene rings is 4. The van der Waals surface area contributed by atoms with Crippen molar-refractivity contribution in [2.45, 2.75) is 17.2 Å². The highest BCUT2D eigenvalue weighted by Crippen LogP contribution is 2.43. The molecule has 4 aromatic carbocycles. The third kappa shape index (κ3) is 4.77. The van der Waals surface area contributed by atoms with Crippen LogP contribution < -0.4 is 5.73 Å². The number of para-hydroxylation sites is 1. The van der Waals surface area contributed by atoms with Crippen molar-refractivity contribution >= 4 is 33.1 Å². The Labute approximate surface area is 195 Å². The van der Waals surface area contributed by atoms with Crippen LogP contribution in [0.1, 0.15) is 16.7 Å². The number of anilines is 1. The molecule has 0 aromatic heterocycles. The number of rotatable bonds is 4. The highest BCUT2D eigenvalue weighted by molar-refractivity contribution is 8.08. The quantitative estimate of drug-likeness (QED) is 0.176. The molecule has 34 heavy (non-hydrogen) atoms. The minimum atomic E-state index is -4.92. The van der Waals surface area contributed by atoms with Gasteiger partial charge in [0.25, 0.3) is 0 Å². The van der Waals surface area contributed by atoms with Gasteiger partial charge in [-0.1, -0.05) is 66.9 Å². The average Bonchev–Trinajstić information content (AvgIpc) is 2.78. The first-order valence-corrected chi connectivity index (χ1v) is 10.8. The second-order valence-electron chi connectivity index (χ2n) is 7.56. The summed E-state index contributed by atoms with van der Waals surface area (Å²) in [6, 6.07) is 18.9. The van der Waals surface area contributed by atoms with Crippen molar-refractivity contribution in [2.75, 3.05) is 5.73 Å². The molecule has 0 saturated heterocycles.